The van der Waals surface area contributed by atoms with E-state index in [9.17, 15) is 0 Å². The SMILES string of the molecule is CNC(c1ccc2c(c1)OCCCO2)C1(CN)CC1. The van der Waals surface area contributed by atoms with Crippen molar-refractivity contribution in [1.82, 2.24) is 5.32 Å². The van der Waals surface area contributed by atoms with Crippen LogP contribution < -0.4 is 20.5 Å². The number of hydrogen-bond donors (Lipinski definition) is 2. The molecule has 0 spiro atoms. The Morgan fingerprint density at radius 2 is 2.00 bits per heavy atom. The van der Waals surface area contributed by atoms with Crippen LogP contribution in [0, 0.1) is 5.41 Å². The zero-order valence-corrected chi connectivity index (χ0v) is 11.4. The molecule has 1 aliphatic heterocycles. The monoisotopic (exact) mass is 262 g/mol. The van der Waals surface area contributed by atoms with Crippen molar-refractivity contribution in [1.29, 1.82) is 0 Å². The van der Waals surface area contributed by atoms with E-state index in [2.05, 4.69) is 17.4 Å². The number of benzene rings is 1. The van der Waals surface area contributed by atoms with Crippen molar-refractivity contribution < 1.29 is 9.47 Å². The molecule has 1 saturated carbocycles. The van der Waals surface area contributed by atoms with Gasteiger partial charge in [0.1, 0.15) is 0 Å². The Morgan fingerprint density at radius 3 is 2.63 bits per heavy atom. The summed E-state index contributed by atoms with van der Waals surface area (Å²) in [6, 6.07) is 6.56. The van der Waals surface area contributed by atoms with Crippen molar-refractivity contribution >= 4 is 0 Å². The third-order valence-corrected chi connectivity index (χ3v) is 4.30. The zero-order valence-electron chi connectivity index (χ0n) is 11.4. The Labute approximate surface area is 114 Å². The van der Waals surface area contributed by atoms with E-state index in [1.807, 2.05) is 13.1 Å². The second kappa shape index (κ2) is 5.02. The molecular formula is C15H22N2O2. The Kier molecular flexibility index (Phi) is 3.37. The average molecular weight is 262 g/mol. The quantitative estimate of drug-likeness (QED) is 0.869. The predicted octanol–water partition coefficient (Wildman–Crippen LogP) is 1.85. The number of nitrogens with two attached hydrogens (primary N) is 1. The molecule has 0 amide bonds. The van der Waals surface area contributed by atoms with Crippen molar-refractivity contribution in [3.8, 4) is 11.5 Å². The first-order valence-electron chi connectivity index (χ1n) is 7.06. The lowest BCUT2D eigenvalue weighted by Gasteiger charge is -2.26. The lowest BCUT2D eigenvalue weighted by molar-refractivity contribution is 0.296. The molecule has 0 radical (unpaired) electrons. The van der Waals surface area contributed by atoms with Crippen LogP contribution in [-0.4, -0.2) is 26.8 Å². The molecule has 3 N–H and O–H groups in total. The van der Waals surface area contributed by atoms with E-state index in [0.717, 1.165) is 37.7 Å². The van der Waals surface area contributed by atoms with Crippen LogP contribution in [0.5, 0.6) is 11.5 Å². The second-order valence-electron chi connectivity index (χ2n) is 5.54. The molecule has 1 aliphatic carbocycles. The minimum absolute atomic E-state index is 0.231. The summed E-state index contributed by atoms with van der Waals surface area (Å²) < 4.78 is 11.4. The van der Waals surface area contributed by atoms with Gasteiger partial charge in [0.05, 0.1) is 13.2 Å². The maximum absolute atomic E-state index is 5.95. The minimum atomic E-state index is 0.231. The standard InChI is InChI=1S/C15H22N2O2/c1-17-14(15(10-16)5-6-15)11-3-4-12-13(9-11)19-8-2-7-18-12/h3-4,9,14,17H,2,5-8,10,16H2,1H3. The normalized spacial score (nSPS) is 21.6. The number of nitrogens with one attached hydrogen (secondary N) is 1. The summed E-state index contributed by atoms with van der Waals surface area (Å²) in [4.78, 5) is 0. The van der Waals surface area contributed by atoms with Gasteiger partial charge in [-0.05, 0) is 44.1 Å². The summed E-state index contributed by atoms with van der Waals surface area (Å²) in [5.74, 6) is 1.72. The van der Waals surface area contributed by atoms with Crippen LogP contribution >= 0.6 is 0 Å². The molecule has 1 fully saturated rings. The molecule has 1 aromatic carbocycles. The van der Waals surface area contributed by atoms with E-state index in [0.29, 0.717) is 6.04 Å². The Morgan fingerprint density at radius 1 is 1.26 bits per heavy atom. The van der Waals surface area contributed by atoms with Gasteiger partial charge >= 0.3 is 0 Å². The fourth-order valence-electron chi connectivity index (χ4n) is 2.96. The van der Waals surface area contributed by atoms with E-state index in [1.54, 1.807) is 0 Å². The molecule has 4 nitrogen and oxygen atoms in total. The van der Waals surface area contributed by atoms with Crippen LogP contribution in [-0.2, 0) is 0 Å². The fraction of sp³-hybridized carbons (Fsp3) is 0.600. The highest BCUT2D eigenvalue weighted by atomic mass is 16.5. The number of hydrogen-bond acceptors (Lipinski definition) is 4. The van der Waals surface area contributed by atoms with Gasteiger partial charge in [0.25, 0.3) is 0 Å². The highest BCUT2D eigenvalue weighted by molar-refractivity contribution is 5.45. The van der Waals surface area contributed by atoms with Gasteiger partial charge < -0.3 is 20.5 Å². The number of ether oxygens (including phenoxy) is 2. The molecule has 1 atom stereocenters. The molecule has 4 heteroatoms. The van der Waals surface area contributed by atoms with E-state index < -0.39 is 0 Å². The summed E-state index contributed by atoms with van der Waals surface area (Å²) in [6.45, 7) is 2.18. The van der Waals surface area contributed by atoms with Gasteiger partial charge in [0, 0.05) is 17.9 Å². The van der Waals surface area contributed by atoms with Gasteiger partial charge in [0.2, 0.25) is 0 Å². The smallest absolute Gasteiger partial charge is 0.161 e. The van der Waals surface area contributed by atoms with Crippen molar-refractivity contribution in [2.75, 3.05) is 26.8 Å². The predicted molar refractivity (Wildman–Crippen MR) is 74.6 cm³/mol. The van der Waals surface area contributed by atoms with Gasteiger partial charge in [0.15, 0.2) is 11.5 Å². The Bertz CT molecular complexity index is 457. The van der Waals surface area contributed by atoms with Gasteiger partial charge in [-0.15, -0.1) is 0 Å². The maximum Gasteiger partial charge on any atom is 0.161 e. The summed E-state index contributed by atoms with van der Waals surface area (Å²) >= 11 is 0. The molecule has 104 valence electrons. The van der Waals surface area contributed by atoms with Gasteiger partial charge in [-0.1, -0.05) is 6.07 Å². The summed E-state index contributed by atoms with van der Waals surface area (Å²) in [7, 11) is 2.00. The summed E-state index contributed by atoms with van der Waals surface area (Å²) in [5, 5.41) is 3.42. The molecule has 0 bridgehead atoms. The minimum Gasteiger partial charge on any atom is -0.490 e. The lowest BCUT2D eigenvalue weighted by atomic mass is 9.90. The highest BCUT2D eigenvalue weighted by Gasteiger charge is 2.48. The molecule has 2 aliphatic rings. The van der Waals surface area contributed by atoms with E-state index in [1.165, 1.54) is 18.4 Å². The molecule has 1 heterocycles. The van der Waals surface area contributed by atoms with Crippen molar-refractivity contribution in [3.63, 3.8) is 0 Å². The maximum atomic E-state index is 5.95. The first kappa shape index (κ1) is 12.8. The zero-order chi connectivity index (χ0) is 13.3. The van der Waals surface area contributed by atoms with E-state index in [4.69, 9.17) is 15.2 Å². The molecular weight excluding hydrogens is 240 g/mol. The highest BCUT2D eigenvalue weighted by Crippen LogP contribution is 2.54. The average Bonchev–Trinajstić information content (AvgIpc) is 3.23. The van der Waals surface area contributed by atoms with E-state index in [-0.39, 0.29) is 5.41 Å². The summed E-state index contributed by atoms with van der Waals surface area (Å²) in [5.41, 5.74) is 7.43. The van der Waals surface area contributed by atoms with Crippen LogP contribution in [0.15, 0.2) is 18.2 Å². The van der Waals surface area contributed by atoms with E-state index >= 15 is 0 Å². The Balaban J connectivity index is 1.90. The number of fused-ring (bicyclic) bond motifs is 1. The van der Waals surface area contributed by atoms with Gasteiger partial charge in [-0.25, -0.2) is 0 Å². The topological polar surface area (TPSA) is 56.5 Å². The molecule has 1 aromatic rings. The first-order chi connectivity index (χ1) is 9.29. The van der Waals surface area contributed by atoms with Crippen molar-refractivity contribution in [2.24, 2.45) is 11.1 Å². The van der Waals surface area contributed by atoms with Crippen LogP contribution in [0.3, 0.4) is 0 Å². The molecule has 1 unspecified atom stereocenters. The van der Waals surface area contributed by atoms with Crippen LogP contribution in [0.2, 0.25) is 0 Å². The van der Waals surface area contributed by atoms with Crippen LogP contribution in [0.25, 0.3) is 0 Å². The Hall–Kier alpha value is -1.26. The number of rotatable bonds is 4. The third-order valence-electron chi connectivity index (χ3n) is 4.30. The lowest BCUT2D eigenvalue weighted by Crippen LogP contribution is -2.32. The largest absolute Gasteiger partial charge is 0.490 e. The molecule has 0 saturated heterocycles. The second-order valence-corrected chi connectivity index (χ2v) is 5.54. The van der Waals surface area contributed by atoms with Crippen LogP contribution in [0.4, 0.5) is 0 Å². The third kappa shape index (κ3) is 2.30. The van der Waals surface area contributed by atoms with Gasteiger partial charge in [-0.3, -0.25) is 0 Å². The van der Waals surface area contributed by atoms with Crippen LogP contribution in [0.1, 0.15) is 30.9 Å². The van der Waals surface area contributed by atoms with Crippen molar-refractivity contribution in [2.45, 2.75) is 25.3 Å². The molecule has 19 heavy (non-hydrogen) atoms. The first-order valence-corrected chi connectivity index (χ1v) is 7.06. The van der Waals surface area contributed by atoms with Crippen molar-refractivity contribution in [3.05, 3.63) is 23.8 Å². The molecule has 3 rings (SSSR count). The molecule has 0 aromatic heterocycles. The summed E-state index contributed by atoms with van der Waals surface area (Å²) in [6.07, 6.45) is 3.33. The van der Waals surface area contributed by atoms with Gasteiger partial charge in [-0.2, -0.15) is 0 Å². The fourth-order valence-corrected chi connectivity index (χ4v) is 2.96.